The molecule has 2 amide bonds. The molecule has 2 heterocycles. The summed E-state index contributed by atoms with van der Waals surface area (Å²) in [5, 5.41) is 6.78. The number of allylic oxidation sites excluding steroid dienone is 1. The summed E-state index contributed by atoms with van der Waals surface area (Å²) in [7, 11) is 0. The predicted octanol–water partition coefficient (Wildman–Crippen LogP) is 1.82. The fourth-order valence-electron chi connectivity index (χ4n) is 2.64. The van der Waals surface area contributed by atoms with E-state index in [1.807, 2.05) is 11.0 Å². The van der Waals surface area contributed by atoms with E-state index in [1.54, 1.807) is 6.08 Å². The van der Waals surface area contributed by atoms with E-state index in [1.165, 1.54) is 6.20 Å². The maximum absolute atomic E-state index is 12.3. The maximum atomic E-state index is 12.3. The summed E-state index contributed by atoms with van der Waals surface area (Å²) in [4.78, 5) is 25.5. The van der Waals surface area contributed by atoms with Gasteiger partial charge in [0.2, 0.25) is 5.91 Å². The van der Waals surface area contributed by atoms with Crippen LogP contribution >= 0.6 is 0 Å². The largest absolute Gasteiger partial charge is 0.365 e. The highest BCUT2D eigenvalue weighted by Gasteiger charge is 2.27. The molecule has 3 N–H and O–H groups in total. The molecular weight excluding hydrogens is 280 g/mol. The number of amides is 2. The summed E-state index contributed by atoms with van der Waals surface area (Å²) in [6.07, 6.45) is 6.83. The number of carbonyl (C=O) groups is 2. The van der Waals surface area contributed by atoms with Crippen LogP contribution < -0.4 is 5.73 Å². The molecule has 22 heavy (non-hydrogen) atoms. The number of nitrogens with one attached hydrogen (secondary N) is 1. The van der Waals surface area contributed by atoms with Crippen LogP contribution in [-0.2, 0) is 4.79 Å². The normalized spacial score (nSPS) is 19.6. The predicted molar refractivity (Wildman–Crippen MR) is 84.3 cm³/mol. The molecule has 0 radical (unpaired) electrons. The Balaban J connectivity index is 2.09. The Hall–Kier alpha value is -2.11. The van der Waals surface area contributed by atoms with Crippen LogP contribution in [0.4, 0.5) is 0 Å². The summed E-state index contributed by atoms with van der Waals surface area (Å²) in [5.74, 6) is -0.398. The zero-order valence-corrected chi connectivity index (χ0v) is 13.4. The van der Waals surface area contributed by atoms with Crippen LogP contribution in [0.5, 0.6) is 0 Å². The third-order valence-corrected chi connectivity index (χ3v) is 3.80. The first-order valence-corrected chi connectivity index (χ1v) is 7.59. The second kappa shape index (κ2) is 6.34. The number of carbonyl (C=O) groups excluding carboxylic acids is 2. The monoisotopic (exact) mass is 304 g/mol. The Kier molecular flexibility index (Phi) is 4.68. The van der Waals surface area contributed by atoms with Gasteiger partial charge in [-0.25, -0.2) is 0 Å². The average Bonchev–Trinajstić information content (AvgIpc) is 2.93. The minimum absolute atomic E-state index is 0.0137. The highest BCUT2D eigenvalue weighted by Crippen LogP contribution is 2.28. The number of rotatable bonds is 3. The molecule has 1 unspecified atom stereocenters. The SMILES string of the molecule is CC(C)(C)/C=C/C(=O)N1CCCC(c2[nH]ncc2C(N)=O)C1. The van der Waals surface area contributed by atoms with Crippen molar-refractivity contribution in [1.29, 1.82) is 0 Å². The molecule has 1 aliphatic rings. The fraction of sp³-hybridized carbons (Fsp3) is 0.562. The van der Waals surface area contributed by atoms with Crippen molar-refractivity contribution in [2.75, 3.05) is 13.1 Å². The van der Waals surface area contributed by atoms with Gasteiger partial charge in [-0.15, -0.1) is 0 Å². The number of piperidine rings is 1. The Morgan fingerprint density at radius 3 is 2.82 bits per heavy atom. The molecule has 1 atom stereocenters. The van der Waals surface area contributed by atoms with Crippen molar-refractivity contribution >= 4 is 11.8 Å². The van der Waals surface area contributed by atoms with E-state index >= 15 is 0 Å². The topological polar surface area (TPSA) is 92.1 Å². The van der Waals surface area contributed by atoms with Crippen molar-refractivity contribution < 1.29 is 9.59 Å². The summed E-state index contributed by atoms with van der Waals surface area (Å²) in [5.41, 5.74) is 6.51. The van der Waals surface area contributed by atoms with Crippen molar-refractivity contribution in [1.82, 2.24) is 15.1 Å². The number of aromatic nitrogens is 2. The van der Waals surface area contributed by atoms with Crippen LogP contribution in [0, 0.1) is 5.41 Å². The number of hydrogen-bond donors (Lipinski definition) is 2. The van der Waals surface area contributed by atoms with Crippen molar-refractivity contribution in [3.05, 3.63) is 29.6 Å². The van der Waals surface area contributed by atoms with Crippen LogP contribution in [0.25, 0.3) is 0 Å². The van der Waals surface area contributed by atoms with Gasteiger partial charge in [-0.1, -0.05) is 26.8 Å². The van der Waals surface area contributed by atoms with Gasteiger partial charge in [0.1, 0.15) is 0 Å². The van der Waals surface area contributed by atoms with Gasteiger partial charge < -0.3 is 10.6 Å². The molecule has 1 aromatic rings. The Labute approximate surface area is 130 Å². The van der Waals surface area contributed by atoms with Crippen molar-refractivity contribution in [2.45, 2.75) is 39.5 Å². The number of nitrogens with zero attached hydrogens (tertiary/aromatic N) is 2. The molecule has 1 saturated heterocycles. The van der Waals surface area contributed by atoms with Crippen molar-refractivity contribution in [2.24, 2.45) is 11.1 Å². The first-order chi connectivity index (χ1) is 10.3. The van der Waals surface area contributed by atoms with Crippen LogP contribution in [0.2, 0.25) is 0 Å². The molecule has 2 rings (SSSR count). The first kappa shape index (κ1) is 16.3. The molecule has 120 valence electrons. The van der Waals surface area contributed by atoms with Gasteiger partial charge >= 0.3 is 0 Å². The van der Waals surface area contributed by atoms with Gasteiger partial charge in [0.15, 0.2) is 0 Å². The molecule has 1 aromatic heterocycles. The third-order valence-electron chi connectivity index (χ3n) is 3.80. The van der Waals surface area contributed by atoms with Gasteiger partial charge in [0.05, 0.1) is 17.5 Å². The van der Waals surface area contributed by atoms with Gasteiger partial charge in [-0.3, -0.25) is 14.7 Å². The smallest absolute Gasteiger partial charge is 0.252 e. The lowest BCUT2D eigenvalue weighted by Gasteiger charge is -2.32. The van der Waals surface area contributed by atoms with Gasteiger partial charge in [-0.2, -0.15) is 5.10 Å². The molecule has 6 nitrogen and oxygen atoms in total. The lowest BCUT2D eigenvalue weighted by molar-refractivity contribution is -0.127. The molecule has 0 bridgehead atoms. The Bertz CT molecular complexity index is 583. The van der Waals surface area contributed by atoms with Gasteiger partial charge in [-0.05, 0) is 24.3 Å². The molecule has 6 heteroatoms. The van der Waals surface area contributed by atoms with Gasteiger partial charge in [0.25, 0.3) is 5.91 Å². The van der Waals surface area contributed by atoms with Crippen LogP contribution in [-0.4, -0.2) is 40.0 Å². The van der Waals surface area contributed by atoms with Crippen LogP contribution in [0.15, 0.2) is 18.3 Å². The second-order valence-corrected chi connectivity index (χ2v) is 6.88. The average molecular weight is 304 g/mol. The Morgan fingerprint density at radius 1 is 1.45 bits per heavy atom. The molecule has 0 spiro atoms. The molecule has 1 aliphatic heterocycles. The third kappa shape index (κ3) is 3.96. The van der Waals surface area contributed by atoms with Crippen LogP contribution in [0.3, 0.4) is 0 Å². The lowest BCUT2D eigenvalue weighted by Crippen LogP contribution is -2.38. The fourth-order valence-corrected chi connectivity index (χ4v) is 2.64. The van der Waals surface area contributed by atoms with Crippen molar-refractivity contribution in [3.63, 3.8) is 0 Å². The van der Waals surface area contributed by atoms with Gasteiger partial charge in [0, 0.05) is 19.0 Å². The number of likely N-dealkylation sites (tertiary alicyclic amines) is 1. The van der Waals surface area contributed by atoms with E-state index in [9.17, 15) is 9.59 Å². The zero-order chi connectivity index (χ0) is 16.3. The lowest BCUT2D eigenvalue weighted by atomic mass is 9.92. The second-order valence-electron chi connectivity index (χ2n) is 6.88. The molecule has 0 aromatic carbocycles. The quantitative estimate of drug-likeness (QED) is 0.834. The van der Waals surface area contributed by atoms with E-state index in [2.05, 4.69) is 31.0 Å². The molecule has 0 aliphatic carbocycles. The number of H-pyrrole nitrogens is 1. The minimum atomic E-state index is -0.486. The summed E-state index contributed by atoms with van der Waals surface area (Å²) < 4.78 is 0. The molecule has 1 fully saturated rings. The van der Waals surface area contributed by atoms with E-state index in [0.29, 0.717) is 12.1 Å². The molecule has 0 saturated carbocycles. The maximum Gasteiger partial charge on any atom is 0.252 e. The highest BCUT2D eigenvalue weighted by molar-refractivity contribution is 5.94. The standard InChI is InChI=1S/C16H24N4O2/c1-16(2,3)7-6-13(21)20-8-4-5-11(10-20)14-12(15(17)22)9-18-19-14/h6-7,9,11H,4-5,8,10H2,1-3H3,(H2,17,22)(H,18,19)/b7-6+. The summed E-state index contributed by atoms with van der Waals surface area (Å²) >= 11 is 0. The van der Waals surface area contributed by atoms with Crippen LogP contribution in [0.1, 0.15) is 55.6 Å². The number of nitrogens with two attached hydrogens (primary N) is 1. The number of hydrogen-bond acceptors (Lipinski definition) is 3. The first-order valence-electron chi connectivity index (χ1n) is 7.59. The molecular formula is C16H24N4O2. The van der Waals surface area contributed by atoms with Crippen molar-refractivity contribution in [3.8, 4) is 0 Å². The Morgan fingerprint density at radius 2 is 2.18 bits per heavy atom. The number of aromatic amines is 1. The van der Waals surface area contributed by atoms with E-state index < -0.39 is 5.91 Å². The van der Waals surface area contributed by atoms with E-state index in [0.717, 1.165) is 25.1 Å². The zero-order valence-electron chi connectivity index (χ0n) is 13.4. The summed E-state index contributed by atoms with van der Waals surface area (Å²) in [6.45, 7) is 7.48. The summed E-state index contributed by atoms with van der Waals surface area (Å²) in [6, 6.07) is 0. The van der Waals surface area contributed by atoms with E-state index in [4.69, 9.17) is 5.73 Å². The van der Waals surface area contributed by atoms with E-state index in [-0.39, 0.29) is 17.2 Å². The minimum Gasteiger partial charge on any atom is -0.365 e. The number of primary amides is 1. The highest BCUT2D eigenvalue weighted by atomic mass is 16.2.